The van der Waals surface area contributed by atoms with Crippen LogP contribution in [0.5, 0.6) is 0 Å². The van der Waals surface area contributed by atoms with Gasteiger partial charge in [0.15, 0.2) is 5.69 Å². The zero-order chi connectivity index (χ0) is 33.8. The van der Waals surface area contributed by atoms with Crippen molar-refractivity contribution in [3.63, 3.8) is 0 Å². The molecule has 5 nitrogen and oxygen atoms in total. The van der Waals surface area contributed by atoms with Crippen molar-refractivity contribution >= 4 is 49.3 Å². The van der Waals surface area contributed by atoms with Gasteiger partial charge in [-0.15, -0.1) is 0 Å². The Morgan fingerprint density at radius 2 is 1.08 bits per heavy atom. The number of nitrogens with zero attached hydrogens (tertiary/aromatic N) is 5. The Kier molecular flexibility index (Phi) is 6.56. The van der Waals surface area contributed by atoms with Crippen LogP contribution in [0.1, 0.15) is 11.1 Å². The van der Waals surface area contributed by atoms with Gasteiger partial charge in [0.2, 0.25) is 0 Å². The highest BCUT2D eigenvalue weighted by atomic mass is 15.0. The van der Waals surface area contributed by atoms with Gasteiger partial charge in [-0.25, -0.2) is 4.85 Å². The van der Waals surface area contributed by atoms with Gasteiger partial charge >= 0.3 is 0 Å². The second kappa shape index (κ2) is 11.4. The van der Waals surface area contributed by atoms with Gasteiger partial charge in [-0.2, -0.15) is 10.5 Å². The number of hydrogen-bond donors (Lipinski definition) is 0. The lowest BCUT2D eigenvalue weighted by molar-refractivity contribution is 1.17. The van der Waals surface area contributed by atoms with Gasteiger partial charge in [0.25, 0.3) is 0 Å². The van der Waals surface area contributed by atoms with Crippen molar-refractivity contribution in [2.24, 2.45) is 0 Å². The Labute approximate surface area is 288 Å². The average molecular weight is 636 g/mol. The second-order valence-corrected chi connectivity index (χ2v) is 12.3. The molecule has 0 aliphatic carbocycles. The highest BCUT2D eigenvalue weighted by Gasteiger charge is 2.18. The number of rotatable bonds is 4. The molecule has 50 heavy (non-hydrogen) atoms. The lowest BCUT2D eigenvalue weighted by atomic mass is 9.96. The fourth-order valence-corrected chi connectivity index (χ4v) is 7.37. The molecule has 5 heteroatoms. The minimum absolute atomic E-state index is 0.560. The minimum Gasteiger partial charge on any atom is -0.309 e. The highest BCUT2D eigenvalue weighted by molar-refractivity contribution is 6.11. The van der Waals surface area contributed by atoms with E-state index in [1.165, 1.54) is 0 Å². The summed E-state index contributed by atoms with van der Waals surface area (Å²) < 4.78 is 4.40. The lowest BCUT2D eigenvalue weighted by Crippen LogP contribution is -1.98. The van der Waals surface area contributed by atoms with Gasteiger partial charge in [0.05, 0.1) is 57.2 Å². The molecule has 0 radical (unpaired) electrons. The monoisotopic (exact) mass is 635 g/mol. The third kappa shape index (κ3) is 4.38. The van der Waals surface area contributed by atoms with E-state index < -0.39 is 0 Å². The number of aromatic nitrogens is 2. The molecular weight excluding hydrogens is 611 g/mol. The van der Waals surface area contributed by atoms with E-state index >= 15 is 0 Å². The normalized spacial score (nSPS) is 11.1. The average Bonchev–Trinajstić information content (AvgIpc) is 3.69. The quantitative estimate of drug-likeness (QED) is 0.181. The SMILES string of the molecule is [C-]#[N+]c1ccc2c(c1)c1ccccc1n2-c1ccccc1-c1cccc(-c2ccc(-n3c4ccccc4c4cc(C#N)ccc43)c(C#N)c2)c1. The zero-order valence-corrected chi connectivity index (χ0v) is 26.7. The van der Waals surface area contributed by atoms with Crippen LogP contribution in [-0.2, 0) is 0 Å². The van der Waals surface area contributed by atoms with Gasteiger partial charge in [0, 0.05) is 21.7 Å². The maximum atomic E-state index is 10.5. The summed E-state index contributed by atoms with van der Waals surface area (Å²) in [5.41, 5.74) is 11.8. The predicted molar refractivity (Wildman–Crippen MR) is 202 cm³/mol. The zero-order valence-electron chi connectivity index (χ0n) is 26.7. The van der Waals surface area contributed by atoms with Crippen LogP contribution in [0.2, 0.25) is 0 Å². The summed E-state index contributed by atoms with van der Waals surface area (Å²) in [6.45, 7) is 7.58. The summed E-state index contributed by atoms with van der Waals surface area (Å²) >= 11 is 0. The first kappa shape index (κ1) is 28.8. The largest absolute Gasteiger partial charge is 0.309 e. The Morgan fingerprint density at radius 3 is 1.82 bits per heavy atom. The molecule has 0 aliphatic rings. The molecule has 0 saturated carbocycles. The van der Waals surface area contributed by atoms with E-state index in [-0.39, 0.29) is 0 Å². The number of fused-ring (bicyclic) bond motifs is 6. The van der Waals surface area contributed by atoms with E-state index in [0.29, 0.717) is 16.8 Å². The molecule has 0 atom stereocenters. The third-order valence-electron chi connectivity index (χ3n) is 9.60. The van der Waals surface area contributed by atoms with Crippen molar-refractivity contribution in [2.45, 2.75) is 0 Å². The van der Waals surface area contributed by atoms with Gasteiger partial charge in [0.1, 0.15) is 6.07 Å². The van der Waals surface area contributed by atoms with Gasteiger partial charge in [-0.3, -0.25) is 0 Å². The Hall–Kier alpha value is -7.39. The van der Waals surface area contributed by atoms with Crippen molar-refractivity contribution in [1.82, 2.24) is 9.13 Å². The van der Waals surface area contributed by atoms with Crippen LogP contribution in [0.4, 0.5) is 5.69 Å². The fourth-order valence-electron chi connectivity index (χ4n) is 7.37. The summed E-state index contributed by atoms with van der Waals surface area (Å²) in [5, 5.41) is 24.2. The van der Waals surface area contributed by atoms with Crippen LogP contribution in [0.25, 0.3) is 82.1 Å². The molecule has 2 aromatic heterocycles. The van der Waals surface area contributed by atoms with E-state index in [2.05, 4.69) is 111 Å². The molecule has 7 aromatic carbocycles. The van der Waals surface area contributed by atoms with Gasteiger partial charge < -0.3 is 9.13 Å². The van der Waals surface area contributed by atoms with Crippen LogP contribution < -0.4 is 0 Å². The molecular formula is C45H25N5. The molecule has 0 unspecified atom stereocenters. The van der Waals surface area contributed by atoms with E-state index in [9.17, 15) is 10.5 Å². The van der Waals surface area contributed by atoms with Crippen LogP contribution in [-0.4, -0.2) is 9.13 Å². The van der Waals surface area contributed by atoms with Crippen LogP contribution in [0, 0.1) is 29.2 Å². The first-order chi connectivity index (χ1) is 24.7. The van der Waals surface area contributed by atoms with Crippen molar-refractivity contribution in [3.8, 4) is 45.8 Å². The number of nitriles is 2. The molecule has 0 fully saturated rings. The van der Waals surface area contributed by atoms with Crippen LogP contribution >= 0.6 is 0 Å². The van der Waals surface area contributed by atoms with E-state index in [0.717, 1.165) is 77.2 Å². The standard InChI is InChI=1S/C45H25N5/c1-48-34-19-22-45-39(26-34)37-13-4-7-16-43(37)50(45)41-14-5-2-11-35(41)32-10-8-9-30(24-32)31-18-21-40(33(25-31)28-47)49-42-15-6-3-12-36(42)38-23-29(27-46)17-20-44(38)49/h2-26H. The molecule has 9 rings (SSSR count). The molecule has 0 aliphatic heterocycles. The summed E-state index contributed by atoms with van der Waals surface area (Å²) in [6, 6.07) is 55.7. The smallest absolute Gasteiger partial charge is 0.188 e. The number of para-hydroxylation sites is 3. The summed E-state index contributed by atoms with van der Waals surface area (Å²) in [6.07, 6.45) is 0. The molecule has 0 bridgehead atoms. The Morgan fingerprint density at radius 1 is 0.460 bits per heavy atom. The van der Waals surface area contributed by atoms with E-state index in [4.69, 9.17) is 6.57 Å². The van der Waals surface area contributed by atoms with Crippen molar-refractivity contribution in [3.05, 3.63) is 174 Å². The predicted octanol–water partition coefficient (Wildman–Crippen LogP) is 11.5. The van der Waals surface area contributed by atoms with Crippen molar-refractivity contribution in [2.75, 3.05) is 0 Å². The topological polar surface area (TPSA) is 61.8 Å². The maximum Gasteiger partial charge on any atom is 0.188 e. The number of hydrogen-bond acceptors (Lipinski definition) is 2. The van der Waals surface area contributed by atoms with Gasteiger partial charge in [-0.05, 0) is 88.8 Å². The van der Waals surface area contributed by atoms with Gasteiger partial charge in [-0.1, -0.05) is 84.9 Å². The molecule has 0 spiro atoms. The van der Waals surface area contributed by atoms with Crippen LogP contribution in [0.3, 0.4) is 0 Å². The first-order valence-corrected chi connectivity index (χ1v) is 16.3. The highest BCUT2D eigenvalue weighted by Crippen LogP contribution is 2.39. The van der Waals surface area contributed by atoms with E-state index in [1.807, 2.05) is 66.7 Å². The molecule has 230 valence electrons. The fraction of sp³-hybridized carbons (Fsp3) is 0. The van der Waals surface area contributed by atoms with Crippen molar-refractivity contribution < 1.29 is 0 Å². The summed E-state index contributed by atoms with van der Waals surface area (Å²) in [7, 11) is 0. The second-order valence-electron chi connectivity index (χ2n) is 12.3. The Bertz CT molecular complexity index is 2970. The molecule has 9 aromatic rings. The van der Waals surface area contributed by atoms with Crippen molar-refractivity contribution in [1.29, 1.82) is 10.5 Å². The summed E-state index contributed by atoms with van der Waals surface area (Å²) in [4.78, 5) is 3.69. The Balaban J connectivity index is 1.18. The molecule has 0 saturated heterocycles. The third-order valence-corrected chi connectivity index (χ3v) is 9.60. The molecule has 0 amide bonds. The van der Waals surface area contributed by atoms with E-state index in [1.54, 1.807) is 0 Å². The first-order valence-electron chi connectivity index (χ1n) is 16.3. The summed E-state index contributed by atoms with van der Waals surface area (Å²) in [5.74, 6) is 0. The molecule has 2 heterocycles. The molecule has 0 N–H and O–H groups in total. The maximum absolute atomic E-state index is 10.5. The van der Waals surface area contributed by atoms with Crippen LogP contribution in [0.15, 0.2) is 152 Å². The minimum atomic E-state index is 0.560. The number of benzene rings is 7. The lowest BCUT2D eigenvalue weighted by Gasteiger charge is -2.15.